The van der Waals surface area contributed by atoms with Crippen LogP contribution in [0, 0.1) is 5.92 Å². The van der Waals surface area contributed by atoms with Crippen LogP contribution in [0.1, 0.15) is 26.7 Å². The van der Waals surface area contributed by atoms with E-state index in [2.05, 4.69) is 0 Å². The molecule has 1 atom stereocenters. The molecule has 1 aliphatic heterocycles. The number of Topliss-reactive ketones (excluding diaryl/α,β-unsaturated/α-hetero) is 1. The summed E-state index contributed by atoms with van der Waals surface area (Å²) >= 11 is 0. The van der Waals surface area contributed by atoms with Gasteiger partial charge in [0, 0.05) is 19.8 Å². The van der Waals surface area contributed by atoms with Gasteiger partial charge in [0.25, 0.3) is 0 Å². The predicted octanol–water partition coefficient (Wildman–Crippen LogP) is 1.41. The lowest BCUT2D eigenvalue weighted by molar-refractivity contribution is -0.134. The van der Waals surface area contributed by atoms with Crippen molar-refractivity contribution >= 4 is 5.78 Å². The summed E-state index contributed by atoms with van der Waals surface area (Å²) in [6.07, 6.45) is 1.70. The Balaban J connectivity index is 2.46. The fourth-order valence-corrected chi connectivity index (χ4v) is 1.78. The van der Waals surface area contributed by atoms with Crippen LogP contribution in [0.3, 0.4) is 0 Å². The number of carbonyl (C=O) groups is 1. The summed E-state index contributed by atoms with van der Waals surface area (Å²) in [5, 5.41) is 0. The first kappa shape index (κ1) is 10.7. The second-order valence-corrected chi connectivity index (χ2v) is 3.44. The first-order valence-corrected chi connectivity index (χ1v) is 4.95. The van der Waals surface area contributed by atoms with Crippen molar-refractivity contribution < 1.29 is 14.3 Å². The third-order valence-electron chi connectivity index (χ3n) is 2.44. The van der Waals surface area contributed by atoms with Crippen molar-refractivity contribution in [1.82, 2.24) is 0 Å². The van der Waals surface area contributed by atoms with E-state index >= 15 is 0 Å². The minimum Gasteiger partial charge on any atom is -0.381 e. The van der Waals surface area contributed by atoms with Gasteiger partial charge >= 0.3 is 0 Å². The van der Waals surface area contributed by atoms with E-state index < -0.39 is 0 Å². The van der Waals surface area contributed by atoms with Crippen molar-refractivity contribution in [2.75, 3.05) is 19.8 Å². The fraction of sp³-hybridized carbons (Fsp3) is 0.900. The van der Waals surface area contributed by atoms with Gasteiger partial charge in [0.05, 0.1) is 0 Å². The Morgan fingerprint density at radius 1 is 1.54 bits per heavy atom. The quantitative estimate of drug-likeness (QED) is 0.666. The van der Waals surface area contributed by atoms with E-state index in [1.54, 1.807) is 6.92 Å². The second kappa shape index (κ2) is 5.35. The topological polar surface area (TPSA) is 35.5 Å². The molecular weight excluding hydrogens is 168 g/mol. The van der Waals surface area contributed by atoms with Gasteiger partial charge < -0.3 is 9.47 Å². The van der Waals surface area contributed by atoms with Gasteiger partial charge in [-0.1, -0.05) is 0 Å². The highest BCUT2D eigenvalue weighted by atomic mass is 16.5. The number of rotatable bonds is 4. The Hall–Kier alpha value is -0.410. The third kappa shape index (κ3) is 3.08. The molecule has 0 aromatic rings. The van der Waals surface area contributed by atoms with E-state index in [1.165, 1.54) is 0 Å². The molecule has 0 aromatic heterocycles. The van der Waals surface area contributed by atoms with Crippen LogP contribution in [0.25, 0.3) is 0 Å². The Labute approximate surface area is 79.4 Å². The van der Waals surface area contributed by atoms with E-state index in [9.17, 15) is 4.79 Å². The minimum absolute atomic E-state index is 0.147. The molecule has 0 radical (unpaired) electrons. The first-order valence-electron chi connectivity index (χ1n) is 4.95. The Kier molecular flexibility index (Phi) is 4.39. The van der Waals surface area contributed by atoms with Gasteiger partial charge in [0.2, 0.25) is 0 Å². The van der Waals surface area contributed by atoms with Gasteiger partial charge in [-0.25, -0.2) is 0 Å². The highest BCUT2D eigenvalue weighted by Gasteiger charge is 2.27. The third-order valence-corrected chi connectivity index (χ3v) is 2.44. The summed E-state index contributed by atoms with van der Waals surface area (Å²) in [5.41, 5.74) is 0. The lowest BCUT2D eigenvalue weighted by Crippen LogP contribution is -2.34. The summed E-state index contributed by atoms with van der Waals surface area (Å²) in [5.74, 6) is 0.514. The number of ketones is 1. The van der Waals surface area contributed by atoms with E-state index in [1.807, 2.05) is 6.92 Å². The molecule has 0 amide bonds. The van der Waals surface area contributed by atoms with Crippen molar-refractivity contribution in [3.63, 3.8) is 0 Å². The Morgan fingerprint density at radius 2 is 2.15 bits per heavy atom. The molecule has 0 aromatic carbocycles. The van der Waals surface area contributed by atoms with Crippen molar-refractivity contribution in [2.45, 2.75) is 32.8 Å². The molecule has 1 rings (SSSR count). The molecule has 0 N–H and O–H groups in total. The first-order chi connectivity index (χ1) is 6.25. The number of hydrogen-bond acceptors (Lipinski definition) is 3. The van der Waals surface area contributed by atoms with Crippen LogP contribution in [-0.2, 0) is 14.3 Å². The van der Waals surface area contributed by atoms with Gasteiger partial charge in [-0.2, -0.15) is 0 Å². The number of ether oxygens (including phenoxy) is 2. The summed E-state index contributed by atoms with van der Waals surface area (Å²) in [6.45, 7) is 5.68. The van der Waals surface area contributed by atoms with Crippen LogP contribution in [0.5, 0.6) is 0 Å². The normalized spacial score (nSPS) is 21.4. The molecule has 0 saturated carbocycles. The monoisotopic (exact) mass is 186 g/mol. The molecule has 1 fully saturated rings. The molecule has 13 heavy (non-hydrogen) atoms. The van der Waals surface area contributed by atoms with Crippen molar-refractivity contribution in [2.24, 2.45) is 5.92 Å². The largest absolute Gasteiger partial charge is 0.381 e. The smallest absolute Gasteiger partial charge is 0.158 e. The molecular formula is C10H18O3. The Morgan fingerprint density at radius 3 is 2.62 bits per heavy atom. The lowest BCUT2D eigenvalue weighted by atomic mass is 9.92. The summed E-state index contributed by atoms with van der Waals surface area (Å²) in [7, 11) is 0. The summed E-state index contributed by atoms with van der Waals surface area (Å²) < 4.78 is 10.7. The Bertz CT molecular complexity index is 162. The molecule has 1 saturated heterocycles. The number of carbonyl (C=O) groups excluding carboxylic acids is 1. The van der Waals surface area contributed by atoms with E-state index in [-0.39, 0.29) is 11.9 Å². The molecule has 76 valence electrons. The van der Waals surface area contributed by atoms with Crippen LogP contribution in [0.2, 0.25) is 0 Å². The van der Waals surface area contributed by atoms with E-state index in [0.717, 1.165) is 26.1 Å². The average Bonchev–Trinajstić information content (AvgIpc) is 2.15. The van der Waals surface area contributed by atoms with Crippen LogP contribution < -0.4 is 0 Å². The molecule has 1 heterocycles. The van der Waals surface area contributed by atoms with Crippen LogP contribution >= 0.6 is 0 Å². The maximum atomic E-state index is 11.3. The van der Waals surface area contributed by atoms with Crippen molar-refractivity contribution in [1.29, 1.82) is 0 Å². The molecule has 0 bridgehead atoms. The highest BCUT2D eigenvalue weighted by molar-refractivity contribution is 5.80. The molecule has 3 heteroatoms. The van der Waals surface area contributed by atoms with Crippen molar-refractivity contribution in [3.8, 4) is 0 Å². The van der Waals surface area contributed by atoms with Crippen LogP contribution in [-0.4, -0.2) is 31.7 Å². The van der Waals surface area contributed by atoms with Gasteiger partial charge in [-0.05, 0) is 32.6 Å². The van der Waals surface area contributed by atoms with Crippen LogP contribution in [0.4, 0.5) is 0 Å². The molecule has 0 aliphatic carbocycles. The standard InChI is InChI=1S/C10H18O3/c1-3-13-10(8(2)11)9-4-6-12-7-5-9/h9-10H,3-7H2,1-2H3. The maximum Gasteiger partial charge on any atom is 0.158 e. The second-order valence-electron chi connectivity index (χ2n) is 3.44. The molecule has 3 nitrogen and oxygen atoms in total. The summed E-state index contributed by atoms with van der Waals surface area (Å²) in [6, 6.07) is 0. The zero-order valence-corrected chi connectivity index (χ0v) is 8.41. The zero-order valence-electron chi connectivity index (χ0n) is 8.41. The van der Waals surface area contributed by atoms with E-state index in [0.29, 0.717) is 12.5 Å². The molecule has 1 aliphatic rings. The van der Waals surface area contributed by atoms with Gasteiger partial charge in [-0.3, -0.25) is 4.79 Å². The summed E-state index contributed by atoms with van der Waals surface area (Å²) in [4.78, 5) is 11.3. The van der Waals surface area contributed by atoms with E-state index in [4.69, 9.17) is 9.47 Å². The highest BCUT2D eigenvalue weighted by Crippen LogP contribution is 2.21. The SMILES string of the molecule is CCOC(C(C)=O)C1CCOCC1. The number of hydrogen-bond donors (Lipinski definition) is 0. The minimum atomic E-state index is -0.200. The maximum absolute atomic E-state index is 11.3. The van der Waals surface area contributed by atoms with Crippen molar-refractivity contribution in [3.05, 3.63) is 0 Å². The average molecular weight is 186 g/mol. The molecule has 0 spiro atoms. The van der Waals surface area contributed by atoms with Crippen LogP contribution in [0.15, 0.2) is 0 Å². The van der Waals surface area contributed by atoms with Gasteiger partial charge in [0.1, 0.15) is 6.10 Å². The zero-order chi connectivity index (χ0) is 9.68. The van der Waals surface area contributed by atoms with Gasteiger partial charge in [-0.15, -0.1) is 0 Å². The molecule has 1 unspecified atom stereocenters. The fourth-order valence-electron chi connectivity index (χ4n) is 1.78. The van der Waals surface area contributed by atoms with Gasteiger partial charge in [0.15, 0.2) is 5.78 Å². The predicted molar refractivity (Wildman–Crippen MR) is 49.6 cm³/mol. The lowest BCUT2D eigenvalue weighted by Gasteiger charge is -2.28.